The van der Waals surface area contributed by atoms with Crippen molar-refractivity contribution >= 4 is 11.7 Å². The number of esters is 1. The molecule has 0 atom stereocenters. The highest BCUT2D eigenvalue weighted by molar-refractivity contribution is 5.94. The lowest BCUT2D eigenvalue weighted by molar-refractivity contribution is -0.386. The van der Waals surface area contributed by atoms with Crippen molar-refractivity contribution in [1.82, 2.24) is 4.98 Å². The Bertz CT molecular complexity index is 390. The number of hydrogen-bond donors (Lipinski definition) is 1. The van der Waals surface area contributed by atoms with Gasteiger partial charge in [0.15, 0.2) is 5.56 Å². The zero-order valence-electron chi connectivity index (χ0n) is 7.13. The lowest BCUT2D eigenvalue weighted by atomic mass is 10.2. The molecule has 0 aliphatic rings. The molecule has 0 saturated heterocycles. The number of ether oxygens (including phenoxy) is 1. The molecule has 7 heteroatoms. The van der Waals surface area contributed by atoms with Crippen LogP contribution in [-0.2, 0) is 4.74 Å². The molecule has 0 spiro atoms. The Morgan fingerprint density at radius 2 is 2.29 bits per heavy atom. The van der Waals surface area contributed by atoms with Crippen LogP contribution in [0, 0.1) is 10.1 Å². The highest BCUT2D eigenvalue weighted by atomic mass is 16.6. The van der Waals surface area contributed by atoms with Gasteiger partial charge in [0.25, 0.3) is 0 Å². The maximum atomic E-state index is 11.0. The van der Waals surface area contributed by atoms with Crippen molar-refractivity contribution < 1.29 is 19.6 Å². The lowest BCUT2D eigenvalue weighted by Gasteiger charge is -2.00. The van der Waals surface area contributed by atoms with Crippen LogP contribution in [0.15, 0.2) is 12.4 Å². The quantitative estimate of drug-likeness (QED) is 0.421. The standard InChI is InChI=1S/C7H6N2O5/c1-14-7(11)4-2-8-3-5(10)6(4)9(12)13/h2-3,10H,1H3. The Kier molecular flexibility index (Phi) is 2.61. The van der Waals surface area contributed by atoms with Gasteiger partial charge in [-0.15, -0.1) is 0 Å². The average Bonchev–Trinajstić information content (AvgIpc) is 2.15. The number of aromatic nitrogens is 1. The fraction of sp³-hybridized carbons (Fsp3) is 0.143. The summed E-state index contributed by atoms with van der Waals surface area (Å²) >= 11 is 0. The monoisotopic (exact) mass is 198 g/mol. The van der Waals surface area contributed by atoms with Gasteiger partial charge in [0, 0.05) is 6.20 Å². The van der Waals surface area contributed by atoms with E-state index in [0.717, 1.165) is 19.5 Å². The van der Waals surface area contributed by atoms with Crippen LogP contribution in [0.5, 0.6) is 5.75 Å². The van der Waals surface area contributed by atoms with Crippen LogP contribution < -0.4 is 0 Å². The largest absolute Gasteiger partial charge is 0.501 e. The zero-order valence-corrected chi connectivity index (χ0v) is 7.13. The van der Waals surface area contributed by atoms with Gasteiger partial charge in [-0.05, 0) is 0 Å². The Morgan fingerprint density at radius 3 is 2.79 bits per heavy atom. The molecule has 14 heavy (non-hydrogen) atoms. The predicted molar refractivity (Wildman–Crippen MR) is 43.9 cm³/mol. The van der Waals surface area contributed by atoms with Crippen LogP contribution in [0.3, 0.4) is 0 Å². The molecular weight excluding hydrogens is 192 g/mol. The second-order valence-corrected chi connectivity index (χ2v) is 2.30. The molecule has 1 rings (SSSR count). The first-order valence-electron chi connectivity index (χ1n) is 3.47. The molecule has 1 aromatic rings. The number of nitro groups is 1. The summed E-state index contributed by atoms with van der Waals surface area (Å²) < 4.78 is 4.29. The first-order valence-corrected chi connectivity index (χ1v) is 3.47. The topological polar surface area (TPSA) is 103 Å². The summed E-state index contributed by atoms with van der Waals surface area (Å²) in [7, 11) is 1.08. The van der Waals surface area contributed by atoms with Gasteiger partial charge in [-0.3, -0.25) is 15.1 Å². The van der Waals surface area contributed by atoms with E-state index < -0.39 is 22.3 Å². The summed E-state index contributed by atoms with van der Waals surface area (Å²) in [5.41, 5.74) is -1.08. The molecule has 0 aliphatic heterocycles. The maximum Gasteiger partial charge on any atom is 0.346 e. The minimum Gasteiger partial charge on any atom is -0.501 e. The van der Waals surface area contributed by atoms with Crippen molar-refractivity contribution in [1.29, 1.82) is 0 Å². The summed E-state index contributed by atoms with van der Waals surface area (Å²) in [4.78, 5) is 24.1. The van der Waals surface area contributed by atoms with Crippen LogP contribution in [0.25, 0.3) is 0 Å². The molecule has 1 heterocycles. The molecular formula is C7H6N2O5. The lowest BCUT2D eigenvalue weighted by Crippen LogP contribution is -2.06. The SMILES string of the molecule is COC(=O)c1cncc(O)c1[N+](=O)[O-]. The number of nitrogens with zero attached hydrogens (tertiary/aromatic N) is 2. The van der Waals surface area contributed by atoms with Gasteiger partial charge in [-0.2, -0.15) is 0 Å². The van der Waals surface area contributed by atoms with Crippen LogP contribution >= 0.6 is 0 Å². The first kappa shape index (κ1) is 9.90. The molecule has 1 aromatic heterocycles. The van der Waals surface area contributed by atoms with Crippen molar-refractivity contribution in [3.63, 3.8) is 0 Å². The van der Waals surface area contributed by atoms with Crippen molar-refractivity contribution in [3.05, 3.63) is 28.1 Å². The summed E-state index contributed by atoms with van der Waals surface area (Å²) in [5, 5.41) is 19.6. The van der Waals surface area contributed by atoms with E-state index >= 15 is 0 Å². The van der Waals surface area contributed by atoms with Gasteiger partial charge >= 0.3 is 11.7 Å². The molecule has 74 valence electrons. The molecule has 0 amide bonds. The molecule has 0 aromatic carbocycles. The van der Waals surface area contributed by atoms with E-state index in [1.165, 1.54) is 0 Å². The Hall–Kier alpha value is -2.18. The van der Waals surface area contributed by atoms with Crippen LogP contribution in [0.1, 0.15) is 10.4 Å². The van der Waals surface area contributed by atoms with E-state index in [4.69, 9.17) is 5.11 Å². The number of carbonyl (C=O) groups excluding carboxylic acids is 1. The second-order valence-electron chi connectivity index (χ2n) is 2.30. The van der Waals surface area contributed by atoms with Crippen molar-refractivity contribution in [2.75, 3.05) is 7.11 Å². The fourth-order valence-corrected chi connectivity index (χ4v) is 0.894. The first-order chi connectivity index (χ1) is 6.57. The van der Waals surface area contributed by atoms with Crippen LogP contribution in [0.2, 0.25) is 0 Å². The third-order valence-corrected chi connectivity index (χ3v) is 1.49. The summed E-state index contributed by atoms with van der Waals surface area (Å²) in [6.07, 6.45) is 1.84. The van der Waals surface area contributed by atoms with Gasteiger partial charge < -0.3 is 9.84 Å². The average molecular weight is 198 g/mol. The molecule has 0 saturated carbocycles. The Labute approximate surface area is 78.1 Å². The highest BCUT2D eigenvalue weighted by Gasteiger charge is 2.25. The Morgan fingerprint density at radius 1 is 1.64 bits per heavy atom. The smallest absolute Gasteiger partial charge is 0.346 e. The van der Waals surface area contributed by atoms with E-state index in [1.54, 1.807) is 0 Å². The van der Waals surface area contributed by atoms with Crippen LogP contribution in [0.4, 0.5) is 5.69 Å². The maximum absolute atomic E-state index is 11.0. The molecule has 0 unspecified atom stereocenters. The van der Waals surface area contributed by atoms with E-state index in [-0.39, 0.29) is 5.56 Å². The predicted octanol–water partition coefficient (Wildman–Crippen LogP) is 0.482. The number of aromatic hydroxyl groups is 1. The fourth-order valence-electron chi connectivity index (χ4n) is 0.894. The van der Waals surface area contributed by atoms with Crippen molar-refractivity contribution in [3.8, 4) is 5.75 Å². The summed E-state index contributed by atoms with van der Waals surface area (Å²) in [6.45, 7) is 0. The van der Waals surface area contributed by atoms with Gasteiger partial charge in [0.1, 0.15) is 0 Å². The molecule has 7 nitrogen and oxygen atoms in total. The van der Waals surface area contributed by atoms with E-state index in [9.17, 15) is 14.9 Å². The normalized spacial score (nSPS) is 9.50. The zero-order chi connectivity index (χ0) is 10.7. The number of rotatable bonds is 2. The summed E-state index contributed by atoms with van der Waals surface area (Å²) in [6, 6.07) is 0. The highest BCUT2D eigenvalue weighted by Crippen LogP contribution is 2.28. The van der Waals surface area contributed by atoms with Crippen molar-refractivity contribution in [2.24, 2.45) is 0 Å². The van der Waals surface area contributed by atoms with Gasteiger partial charge in [-0.1, -0.05) is 0 Å². The van der Waals surface area contributed by atoms with Gasteiger partial charge in [0.05, 0.1) is 18.2 Å². The third kappa shape index (κ3) is 1.60. The number of hydrogen-bond acceptors (Lipinski definition) is 6. The minimum absolute atomic E-state index is 0.377. The number of pyridine rings is 1. The van der Waals surface area contributed by atoms with Crippen LogP contribution in [-0.4, -0.2) is 28.1 Å². The second kappa shape index (κ2) is 3.69. The molecule has 0 radical (unpaired) electrons. The minimum atomic E-state index is -0.917. The molecule has 1 N–H and O–H groups in total. The number of carbonyl (C=O) groups is 1. The third-order valence-electron chi connectivity index (χ3n) is 1.49. The Balaban J connectivity index is 3.35. The summed E-state index contributed by atoms with van der Waals surface area (Å²) in [5.74, 6) is -1.59. The van der Waals surface area contributed by atoms with E-state index in [0.29, 0.717) is 0 Å². The van der Waals surface area contributed by atoms with E-state index in [2.05, 4.69) is 9.72 Å². The number of methoxy groups -OCH3 is 1. The van der Waals surface area contributed by atoms with Gasteiger partial charge in [-0.25, -0.2) is 4.79 Å². The van der Waals surface area contributed by atoms with Crippen molar-refractivity contribution in [2.45, 2.75) is 0 Å². The molecule has 0 bridgehead atoms. The van der Waals surface area contributed by atoms with Gasteiger partial charge in [0.2, 0.25) is 5.75 Å². The molecule has 0 fully saturated rings. The van der Waals surface area contributed by atoms with E-state index in [1.807, 2.05) is 0 Å². The molecule has 0 aliphatic carbocycles.